The summed E-state index contributed by atoms with van der Waals surface area (Å²) < 4.78 is 22.7. The molecule has 1 rings (SSSR count). The Hall–Kier alpha value is -2.28. The summed E-state index contributed by atoms with van der Waals surface area (Å²) in [5.74, 6) is -1.32. The van der Waals surface area contributed by atoms with Crippen molar-refractivity contribution in [1.82, 2.24) is 19.6 Å². The van der Waals surface area contributed by atoms with Gasteiger partial charge < -0.3 is 18.9 Å². The summed E-state index contributed by atoms with van der Waals surface area (Å²) in [5, 5.41) is 0. The molecule has 12 heteroatoms. The summed E-state index contributed by atoms with van der Waals surface area (Å²) in [5.41, 5.74) is -2.51. The lowest BCUT2D eigenvalue weighted by atomic mass is 10.1. The van der Waals surface area contributed by atoms with Crippen molar-refractivity contribution in [3.8, 4) is 0 Å². The molecule has 1 aliphatic heterocycles. The smallest absolute Gasteiger partial charge is 0.323 e. The molecule has 0 N–H and O–H groups in total. The molecular weight excluding hydrogens is 592 g/mol. The zero-order valence-electron chi connectivity index (χ0n) is 31.1. The molecular formula is C34H64N4O8. The van der Waals surface area contributed by atoms with Crippen LogP contribution in [0.3, 0.4) is 0 Å². The van der Waals surface area contributed by atoms with Gasteiger partial charge in [0.25, 0.3) is 0 Å². The summed E-state index contributed by atoms with van der Waals surface area (Å²) in [6, 6.07) is -0.502. The predicted octanol–water partition coefficient (Wildman–Crippen LogP) is 3.35. The average Bonchev–Trinajstić information content (AvgIpc) is 2.80. The zero-order valence-corrected chi connectivity index (χ0v) is 31.1. The van der Waals surface area contributed by atoms with Gasteiger partial charge in [0.2, 0.25) is 0 Å². The van der Waals surface area contributed by atoms with Crippen LogP contribution in [0.15, 0.2) is 0 Å². The first kappa shape index (κ1) is 41.7. The predicted molar refractivity (Wildman–Crippen MR) is 178 cm³/mol. The highest BCUT2D eigenvalue weighted by atomic mass is 16.6. The van der Waals surface area contributed by atoms with Gasteiger partial charge in [0, 0.05) is 52.4 Å². The number of carbonyl (C=O) groups excluding carboxylic acids is 4. The fourth-order valence-corrected chi connectivity index (χ4v) is 4.95. The van der Waals surface area contributed by atoms with E-state index in [1.165, 1.54) is 0 Å². The third-order valence-corrected chi connectivity index (χ3v) is 6.70. The molecule has 1 fully saturated rings. The second kappa shape index (κ2) is 17.8. The molecule has 0 aromatic carbocycles. The molecule has 0 aromatic heterocycles. The first-order valence-electron chi connectivity index (χ1n) is 16.7. The van der Waals surface area contributed by atoms with E-state index in [0.29, 0.717) is 58.8 Å². The van der Waals surface area contributed by atoms with Gasteiger partial charge in [-0.1, -0.05) is 6.92 Å². The highest BCUT2D eigenvalue weighted by Gasteiger charge is 2.31. The van der Waals surface area contributed by atoms with Crippen LogP contribution in [0, 0.1) is 0 Å². The minimum absolute atomic E-state index is 0.0688. The molecule has 0 bridgehead atoms. The Morgan fingerprint density at radius 2 is 0.739 bits per heavy atom. The van der Waals surface area contributed by atoms with Crippen molar-refractivity contribution >= 4 is 23.9 Å². The first-order valence-corrected chi connectivity index (χ1v) is 16.7. The highest BCUT2D eigenvalue weighted by molar-refractivity contribution is 5.76. The van der Waals surface area contributed by atoms with Crippen LogP contribution in [0.1, 0.15) is 96.4 Å². The van der Waals surface area contributed by atoms with Crippen LogP contribution in [-0.4, -0.2) is 144 Å². The van der Waals surface area contributed by atoms with Crippen molar-refractivity contribution in [1.29, 1.82) is 0 Å². The van der Waals surface area contributed by atoms with Gasteiger partial charge >= 0.3 is 23.9 Å². The molecule has 12 nitrogen and oxygen atoms in total. The highest BCUT2D eigenvalue weighted by Crippen LogP contribution is 2.16. The maximum Gasteiger partial charge on any atom is 0.323 e. The lowest BCUT2D eigenvalue weighted by Crippen LogP contribution is -2.53. The Labute approximate surface area is 278 Å². The van der Waals surface area contributed by atoms with Crippen LogP contribution < -0.4 is 0 Å². The maximum absolute atomic E-state index is 13.4. The summed E-state index contributed by atoms with van der Waals surface area (Å²) in [6.07, 6.45) is 0.538. The number of carbonyl (C=O) groups is 4. The van der Waals surface area contributed by atoms with Gasteiger partial charge in [-0.15, -0.1) is 0 Å². The molecule has 1 unspecified atom stereocenters. The topological polar surface area (TPSA) is 118 Å². The molecule has 1 saturated heterocycles. The first-order chi connectivity index (χ1) is 20.9. The minimum atomic E-state index is -0.639. The van der Waals surface area contributed by atoms with Crippen molar-refractivity contribution in [2.75, 3.05) is 72.0 Å². The molecule has 0 spiro atoms. The summed E-state index contributed by atoms with van der Waals surface area (Å²) in [4.78, 5) is 60.1. The minimum Gasteiger partial charge on any atom is -0.459 e. The second-order valence-electron chi connectivity index (χ2n) is 16.1. The lowest BCUT2D eigenvalue weighted by Gasteiger charge is -2.37. The number of rotatable bonds is 9. The quantitative estimate of drug-likeness (QED) is 0.268. The fourth-order valence-electron chi connectivity index (χ4n) is 4.95. The third kappa shape index (κ3) is 19.4. The standard InChI is InChI=1S/C34H64N4O8/c1-14-26(30(42)46-34(11,12)13)38-21-19-36(24-28(40)44-32(5,6)7)17-15-35(23-27(39)43-31(2,3)4)16-18-37(20-22-38)25-29(41)45-33(8,9)10/h26H,14-25H2,1-13H3. The van der Waals surface area contributed by atoms with Crippen molar-refractivity contribution in [3.63, 3.8) is 0 Å². The van der Waals surface area contributed by atoms with E-state index in [-0.39, 0.29) is 43.5 Å². The van der Waals surface area contributed by atoms with Crippen LogP contribution >= 0.6 is 0 Å². The van der Waals surface area contributed by atoms with E-state index in [9.17, 15) is 19.2 Å². The van der Waals surface area contributed by atoms with E-state index < -0.39 is 28.4 Å². The summed E-state index contributed by atoms with van der Waals surface area (Å²) >= 11 is 0. The van der Waals surface area contributed by atoms with E-state index in [2.05, 4.69) is 4.90 Å². The lowest BCUT2D eigenvalue weighted by molar-refractivity contribution is -0.163. The van der Waals surface area contributed by atoms with Crippen molar-refractivity contribution in [2.45, 2.75) is 125 Å². The van der Waals surface area contributed by atoms with Crippen LogP contribution in [0.4, 0.5) is 0 Å². The molecule has 1 aliphatic rings. The Kier molecular flexibility index (Phi) is 16.1. The molecule has 0 aliphatic carbocycles. The van der Waals surface area contributed by atoms with E-state index >= 15 is 0 Å². The van der Waals surface area contributed by atoms with Gasteiger partial charge in [0.05, 0.1) is 19.6 Å². The molecule has 1 atom stereocenters. The number of ether oxygens (including phenoxy) is 4. The molecule has 268 valence electrons. The van der Waals surface area contributed by atoms with E-state index in [1.807, 2.05) is 105 Å². The van der Waals surface area contributed by atoms with Gasteiger partial charge in [-0.3, -0.25) is 38.8 Å². The van der Waals surface area contributed by atoms with Gasteiger partial charge in [0.1, 0.15) is 28.4 Å². The third-order valence-electron chi connectivity index (χ3n) is 6.70. The molecule has 0 saturated carbocycles. The van der Waals surface area contributed by atoms with Crippen LogP contribution in [0.25, 0.3) is 0 Å². The number of nitrogens with zero attached hydrogens (tertiary/aromatic N) is 4. The van der Waals surface area contributed by atoms with Crippen molar-refractivity contribution in [3.05, 3.63) is 0 Å². The van der Waals surface area contributed by atoms with Crippen LogP contribution in [0.5, 0.6) is 0 Å². The SMILES string of the molecule is CCC(C(=O)OC(C)(C)C)N1CCN(CC(=O)OC(C)(C)C)CCN(CC(=O)OC(C)(C)C)CCN(CC(=O)OC(C)(C)C)CC1. The van der Waals surface area contributed by atoms with Gasteiger partial charge in [-0.25, -0.2) is 0 Å². The van der Waals surface area contributed by atoms with Gasteiger partial charge in [-0.05, 0) is 89.5 Å². The Balaban J connectivity index is 3.38. The van der Waals surface area contributed by atoms with Crippen LogP contribution in [-0.2, 0) is 38.1 Å². The Morgan fingerprint density at radius 1 is 0.478 bits per heavy atom. The van der Waals surface area contributed by atoms with E-state index in [0.717, 1.165) is 0 Å². The number of hydrogen-bond acceptors (Lipinski definition) is 12. The normalized spacial score (nSPS) is 18.5. The summed E-state index contributed by atoms with van der Waals surface area (Å²) in [6.45, 7) is 28.0. The largest absolute Gasteiger partial charge is 0.459 e. The molecule has 1 heterocycles. The van der Waals surface area contributed by atoms with Gasteiger partial charge in [0.15, 0.2) is 0 Å². The van der Waals surface area contributed by atoms with Crippen molar-refractivity contribution in [2.24, 2.45) is 0 Å². The summed E-state index contributed by atoms with van der Waals surface area (Å²) in [7, 11) is 0. The monoisotopic (exact) mass is 656 g/mol. The average molecular weight is 657 g/mol. The Morgan fingerprint density at radius 3 is 0.978 bits per heavy atom. The molecule has 0 aromatic rings. The van der Waals surface area contributed by atoms with E-state index in [1.54, 1.807) is 0 Å². The van der Waals surface area contributed by atoms with Crippen molar-refractivity contribution < 1.29 is 38.1 Å². The Bertz CT molecular complexity index is 945. The molecule has 0 amide bonds. The molecule has 0 radical (unpaired) electrons. The van der Waals surface area contributed by atoms with E-state index in [4.69, 9.17) is 18.9 Å². The fraction of sp³-hybridized carbons (Fsp3) is 0.882. The number of hydrogen-bond donors (Lipinski definition) is 0. The zero-order chi connectivity index (χ0) is 35.5. The number of esters is 4. The molecule has 46 heavy (non-hydrogen) atoms. The van der Waals surface area contributed by atoms with Crippen LogP contribution in [0.2, 0.25) is 0 Å². The second-order valence-corrected chi connectivity index (χ2v) is 16.1. The maximum atomic E-state index is 13.4. The van der Waals surface area contributed by atoms with Gasteiger partial charge in [-0.2, -0.15) is 0 Å².